The maximum Gasteiger partial charge on any atom is 0.390 e. The number of aromatic amines is 2. The number of halogens is 2. The zero-order chi connectivity index (χ0) is 21.9. The maximum atomic E-state index is 6.60. The zero-order valence-electron chi connectivity index (χ0n) is 17.7. The Morgan fingerprint density at radius 1 is 1.06 bits per heavy atom. The fraction of sp³-hybridized carbons (Fsp3) is 0.280. The maximum absolute atomic E-state index is 6.60. The number of rotatable bonds is 6. The van der Waals surface area contributed by atoms with E-state index in [1.165, 1.54) is 24.0 Å². The van der Waals surface area contributed by atoms with Crippen LogP contribution in [0.25, 0.3) is 22.3 Å². The van der Waals surface area contributed by atoms with Crippen LogP contribution in [0, 0.1) is 5.92 Å². The molecule has 1 fully saturated rings. The molecule has 5 nitrogen and oxygen atoms in total. The number of fused-ring (bicyclic) bond motifs is 1. The van der Waals surface area contributed by atoms with E-state index in [1.807, 2.05) is 42.6 Å². The highest BCUT2D eigenvalue weighted by atomic mass is 35.5. The van der Waals surface area contributed by atoms with Crippen LogP contribution < -0.4 is 15.6 Å². The molecule has 0 spiro atoms. The summed E-state index contributed by atoms with van der Waals surface area (Å²) >= 11 is 13.2. The van der Waals surface area contributed by atoms with Gasteiger partial charge in [0.1, 0.15) is 5.52 Å². The van der Waals surface area contributed by atoms with E-state index in [9.17, 15) is 0 Å². The van der Waals surface area contributed by atoms with Crippen molar-refractivity contribution in [3.05, 3.63) is 75.9 Å². The molecule has 0 radical (unpaired) electrons. The minimum Gasteiger partial charge on any atom is -0.349 e. The van der Waals surface area contributed by atoms with Crippen LogP contribution in [0.1, 0.15) is 24.0 Å². The van der Waals surface area contributed by atoms with Gasteiger partial charge < -0.3 is 10.3 Å². The van der Waals surface area contributed by atoms with Crippen molar-refractivity contribution in [1.82, 2.24) is 15.3 Å². The van der Waals surface area contributed by atoms with Crippen molar-refractivity contribution in [2.75, 3.05) is 18.4 Å². The van der Waals surface area contributed by atoms with Gasteiger partial charge in [-0.3, -0.25) is 5.32 Å². The highest BCUT2D eigenvalue weighted by Gasteiger charge is 2.25. The van der Waals surface area contributed by atoms with Crippen LogP contribution in [0.15, 0.2) is 54.7 Å². The van der Waals surface area contributed by atoms with Gasteiger partial charge in [-0.25, -0.2) is 4.98 Å². The number of benzene rings is 2. The molecule has 2 aromatic heterocycles. The number of aromatic nitrogens is 3. The Labute approximate surface area is 197 Å². The molecule has 4 N–H and O–H groups in total. The Morgan fingerprint density at radius 3 is 2.62 bits per heavy atom. The number of anilines is 1. The van der Waals surface area contributed by atoms with E-state index in [4.69, 9.17) is 28.2 Å². The van der Waals surface area contributed by atoms with Crippen molar-refractivity contribution in [1.29, 1.82) is 0 Å². The molecule has 0 aliphatic carbocycles. The lowest BCUT2D eigenvalue weighted by atomic mass is 9.91. The minimum absolute atomic E-state index is 0.550. The Kier molecular flexibility index (Phi) is 6.30. The molecule has 1 aliphatic heterocycles. The third-order valence-corrected chi connectivity index (χ3v) is 6.72. The molecule has 1 saturated heterocycles. The second kappa shape index (κ2) is 9.49. The first-order chi connectivity index (χ1) is 15.7. The van der Waals surface area contributed by atoms with E-state index >= 15 is 0 Å². The predicted molar refractivity (Wildman–Crippen MR) is 131 cm³/mol. The van der Waals surface area contributed by atoms with Gasteiger partial charge in [-0.1, -0.05) is 64.6 Å². The summed E-state index contributed by atoms with van der Waals surface area (Å²) in [7, 11) is 0. The molecule has 32 heavy (non-hydrogen) atoms. The van der Waals surface area contributed by atoms with Crippen molar-refractivity contribution in [3.8, 4) is 11.3 Å². The number of H-pyrrole nitrogens is 2. The van der Waals surface area contributed by atoms with Gasteiger partial charge >= 0.3 is 5.95 Å². The molecule has 3 heterocycles. The third-order valence-electron chi connectivity index (χ3n) is 6.09. The molecule has 0 bridgehead atoms. The highest BCUT2D eigenvalue weighted by Crippen LogP contribution is 2.39. The summed E-state index contributed by atoms with van der Waals surface area (Å²) in [5.41, 5.74) is 6.07. The largest absolute Gasteiger partial charge is 0.390 e. The lowest BCUT2D eigenvalue weighted by Gasteiger charge is -2.22. The third kappa shape index (κ3) is 4.46. The summed E-state index contributed by atoms with van der Waals surface area (Å²) in [6.45, 7) is 2.81. The summed E-state index contributed by atoms with van der Waals surface area (Å²) in [6.07, 6.45) is 5.28. The highest BCUT2D eigenvalue weighted by molar-refractivity contribution is 6.39. The summed E-state index contributed by atoms with van der Waals surface area (Å²) in [4.78, 5) is 11.8. The second-order valence-corrected chi connectivity index (χ2v) is 9.16. The van der Waals surface area contributed by atoms with Crippen LogP contribution in [0.5, 0.6) is 0 Å². The monoisotopic (exact) mass is 466 g/mol. The van der Waals surface area contributed by atoms with Crippen LogP contribution >= 0.6 is 23.2 Å². The van der Waals surface area contributed by atoms with Crippen molar-refractivity contribution >= 4 is 40.2 Å². The molecular weight excluding hydrogens is 441 g/mol. The van der Waals surface area contributed by atoms with Gasteiger partial charge in [0.05, 0.1) is 28.5 Å². The van der Waals surface area contributed by atoms with Crippen molar-refractivity contribution in [2.45, 2.75) is 25.8 Å². The number of piperidine rings is 1. The standard InChI is InChI=1S/C25H25Cl2N5/c26-19-9-4-10-20(27)22(19)24-18(12-17-8-5-11-28-13-17)23-21(31-24)15-30-25(32-23)29-14-16-6-2-1-3-7-16/h1-4,6-7,9-10,15,17,28,31H,5,8,11-14H2,(H,29,30,32)/p+1/t17-/m0/s1. The lowest BCUT2D eigenvalue weighted by molar-refractivity contribution is -0.363. The molecule has 164 valence electrons. The van der Waals surface area contributed by atoms with E-state index in [1.54, 1.807) is 0 Å². The molecular formula is C25H26Cl2N5+. The smallest absolute Gasteiger partial charge is 0.349 e. The minimum atomic E-state index is 0.550. The Bertz CT molecular complexity index is 1200. The Balaban J connectivity index is 1.55. The molecule has 4 aromatic rings. The zero-order valence-corrected chi connectivity index (χ0v) is 19.2. The molecule has 0 unspecified atom stereocenters. The first kappa shape index (κ1) is 21.3. The van der Waals surface area contributed by atoms with Gasteiger partial charge in [-0.15, -0.1) is 0 Å². The van der Waals surface area contributed by atoms with Crippen molar-refractivity contribution in [2.24, 2.45) is 5.92 Å². The average molecular weight is 467 g/mol. The number of nitrogens with one attached hydrogen (secondary N) is 4. The predicted octanol–water partition coefficient (Wildman–Crippen LogP) is 5.51. The lowest BCUT2D eigenvalue weighted by Crippen LogP contribution is -2.30. The first-order valence-corrected chi connectivity index (χ1v) is 11.8. The van der Waals surface area contributed by atoms with Crippen LogP contribution in [0.4, 0.5) is 5.95 Å². The normalized spacial score (nSPS) is 16.4. The van der Waals surface area contributed by atoms with Gasteiger partial charge in [-0.05, 0) is 56.0 Å². The Hall–Kier alpha value is -2.60. The van der Waals surface area contributed by atoms with Crippen LogP contribution in [-0.4, -0.2) is 23.1 Å². The summed E-state index contributed by atoms with van der Waals surface area (Å²) in [6, 6.07) is 15.9. The quantitative estimate of drug-likeness (QED) is 0.351. The van der Waals surface area contributed by atoms with E-state index in [2.05, 4.69) is 32.7 Å². The molecule has 2 aromatic carbocycles. The number of hydrogen-bond donors (Lipinski definition) is 3. The van der Waals surface area contributed by atoms with Gasteiger partial charge in [-0.2, -0.15) is 0 Å². The van der Waals surface area contributed by atoms with Gasteiger partial charge in [0.15, 0.2) is 5.52 Å². The molecule has 7 heteroatoms. The number of hydrogen-bond acceptors (Lipinski definition) is 3. The topological polar surface area (TPSA) is 66.9 Å². The van der Waals surface area contributed by atoms with Crippen molar-refractivity contribution in [3.63, 3.8) is 0 Å². The van der Waals surface area contributed by atoms with Gasteiger partial charge in [0.25, 0.3) is 0 Å². The fourth-order valence-electron chi connectivity index (χ4n) is 4.47. The molecule has 1 atom stereocenters. The summed E-state index contributed by atoms with van der Waals surface area (Å²) in [5.74, 6) is 1.29. The van der Waals surface area contributed by atoms with Gasteiger partial charge in [0, 0.05) is 11.1 Å². The van der Waals surface area contributed by atoms with Crippen LogP contribution in [0.2, 0.25) is 10.0 Å². The van der Waals surface area contributed by atoms with E-state index in [-0.39, 0.29) is 0 Å². The SMILES string of the molecule is Clc1cccc(Cl)c1-c1[nH]c2c[nH+]c(NCc3ccccc3)nc2c1C[C@@H]1CCCNC1. The van der Waals surface area contributed by atoms with Crippen LogP contribution in [-0.2, 0) is 13.0 Å². The average Bonchev–Trinajstić information content (AvgIpc) is 3.16. The fourth-order valence-corrected chi connectivity index (χ4v) is 5.06. The van der Waals surface area contributed by atoms with Crippen LogP contribution in [0.3, 0.4) is 0 Å². The Morgan fingerprint density at radius 2 is 1.88 bits per heavy atom. The number of nitrogens with zero attached hydrogens (tertiary/aromatic N) is 1. The van der Waals surface area contributed by atoms with Crippen molar-refractivity contribution < 1.29 is 4.98 Å². The second-order valence-electron chi connectivity index (χ2n) is 8.34. The summed E-state index contributed by atoms with van der Waals surface area (Å²) in [5, 5.41) is 8.21. The molecule has 0 saturated carbocycles. The van der Waals surface area contributed by atoms with E-state index in [0.717, 1.165) is 47.7 Å². The first-order valence-electron chi connectivity index (χ1n) is 11.0. The molecule has 5 rings (SSSR count). The molecule has 1 aliphatic rings. The van der Waals surface area contributed by atoms with E-state index in [0.29, 0.717) is 22.5 Å². The summed E-state index contributed by atoms with van der Waals surface area (Å²) < 4.78 is 0. The van der Waals surface area contributed by atoms with Gasteiger partial charge in [0.2, 0.25) is 0 Å². The molecule has 0 amide bonds. The van der Waals surface area contributed by atoms with E-state index < -0.39 is 0 Å².